The average Bonchev–Trinajstić information content (AvgIpc) is 2.28. The van der Waals surface area contributed by atoms with Crippen LogP contribution in [0.5, 0.6) is 11.5 Å². The molecule has 21 heavy (non-hydrogen) atoms. The Bertz CT molecular complexity index is 535. The van der Waals surface area contributed by atoms with Gasteiger partial charge in [0.1, 0.15) is 5.60 Å². The number of ether oxygens (including phenoxy) is 1. The smallest absolute Gasteiger partial charge is 0.408 e. The summed E-state index contributed by atoms with van der Waals surface area (Å²) in [5.74, 6) is -1.84. The number of carboxylic acids is 1. The number of aliphatic carboxylic acids is 1. The van der Waals surface area contributed by atoms with Crippen LogP contribution in [0.3, 0.4) is 0 Å². The highest BCUT2D eigenvalue weighted by Crippen LogP contribution is 2.29. The van der Waals surface area contributed by atoms with Crippen molar-refractivity contribution in [1.82, 2.24) is 5.32 Å². The Hall–Kier alpha value is -2.44. The van der Waals surface area contributed by atoms with Crippen molar-refractivity contribution < 1.29 is 29.6 Å². The van der Waals surface area contributed by atoms with Crippen LogP contribution in [0.2, 0.25) is 0 Å². The van der Waals surface area contributed by atoms with Gasteiger partial charge in [-0.2, -0.15) is 0 Å². The number of benzene rings is 1. The van der Waals surface area contributed by atoms with Crippen LogP contribution in [0, 0.1) is 0 Å². The number of amides is 1. The number of rotatable bonds is 4. The summed E-state index contributed by atoms with van der Waals surface area (Å²) >= 11 is 0. The topological polar surface area (TPSA) is 116 Å². The highest BCUT2D eigenvalue weighted by atomic mass is 16.6. The minimum Gasteiger partial charge on any atom is -0.504 e. The molecule has 0 saturated heterocycles. The van der Waals surface area contributed by atoms with Gasteiger partial charge >= 0.3 is 12.1 Å². The maximum absolute atomic E-state index is 11.7. The highest BCUT2D eigenvalue weighted by molar-refractivity contribution is 5.72. The van der Waals surface area contributed by atoms with Crippen LogP contribution in [-0.4, -0.2) is 33.0 Å². The number of hydrogen-bond acceptors (Lipinski definition) is 5. The van der Waals surface area contributed by atoms with Crippen molar-refractivity contribution in [1.29, 1.82) is 0 Å². The Morgan fingerprint density at radius 1 is 1.24 bits per heavy atom. The predicted octanol–water partition coefficient (Wildman–Crippen LogP) is 2.14. The normalized spacial score (nSPS) is 12.5. The summed E-state index contributed by atoms with van der Waals surface area (Å²) in [5.41, 5.74) is -0.367. The number of carbonyl (C=O) groups excluding carboxylic acids is 1. The molecule has 0 aromatic heterocycles. The third kappa shape index (κ3) is 5.60. The van der Waals surface area contributed by atoms with Crippen LogP contribution in [0.4, 0.5) is 4.79 Å². The summed E-state index contributed by atoms with van der Waals surface area (Å²) in [7, 11) is 0. The molecule has 1 atom stereocenters. The first-order valence-corrected chi connectivity index (χ1v) is 6.31. The minimum absolute atomic E-state index is 0.329. The number of phenolic OH excluding ortho intramolecular Hbond substituents is 2. The van der Waals surface area contributed by atoms with Gasteiger partial charge in [-0.15, -0.1) is 0 Å². The lowest BCUT2D eigenvalue weighted by Crippen LogP contribution is -2.35. The summed E-state index contributed by atoms with van der Waals surface area (Å²) in [4.78, 5) is 22.6. The minimum atomic E-state index is -1.12. The predicted molar refractivity (Wildman–Crippen MR) is 74.1 cm³/mol. The van der Waals surface area contributed by atoms with Gasteiger partial charge < -0.3 is 25.4 Å². The molecule has 1 rings (SSSR count). The van der Waals surface area contributed by atoms with Crippen molar-refractivity contribution in [3.05, 3.63) is 23.8 Å². The van der Waals surface area contributed by atoms with Gasteiger partial charge in [0.25, 0.3) is 0 Å². The van der Waals surface area contributed by atoms with E-state index in [-0.39, 0.29) is 12.2 Å². The standard InChI is InChI=1S/C14H19NO6/c1-14(2,3)21-13(20)15-9(7-12(18)19)8-4-5-10(16)11(17)6-8/h4-6,9,16-17H,7H2,1-3H3,(H,15,20)(H,18,19). The molecule has 0 bridgehead atoms. The first kappa shape index (κ1) is 16.6. The van der Waals surface area contributed by atoms with Gasteiger partial charge in [0, 0.05) is 0 Å². The SMILES string of the molecule is CC(C)(C)OC(=O)NC(CC(=O)O)c1ccc(O)c(O)c1. The summed E-state index contributed by atoms with van der Waals surface area (Å²) < 4.78 is 5.07. The molecule has 0 spiro atoms. The first-order valence-electron chi connectivity index (χ1n) is 6.31. The Balaban J connectivity index is 2.92. The van der Waals surface area contributed by atoms with Gasteiger partial charge in [-0.05, 0) is 38.5 Å². The second-order valence-corrected chi connectivity index (χ2v) is 5.54. The monoisotopic (exact) mass is 297 g/mol. The zero-order valence-electron chi connectivity index (χ0n) is 12.1. The Kier molecular flexibility index (Phi) is 5.02. The molecule has 4 N–H and O–H groups in total. The molecular weight excluding hydrogens is 278 g/mol. The Morgan fingerprint density at radius 2 is 1.86 bits per heavy atom. The third-order valence-corrected chi connectivity index (χ3v) is 2.47. The molecule has 0 aliphatic carbocycles. The number of hydrogen-bond donors (Lipinski definition) is 4. The van der Waals surface area contributed by atoms with Crippen molar-refractivity contribution in [2.45, 2.75) is 38.8 Å². The van der Waals surface area contributed by atoms with Crippen LogP contribution in [0.25, 0.3) is 0 Å². The van der Waals surface area contributed by atoms with Crippen LogP contribution < -0.4 is 5.32 Å². The first-order chi connectivity index (χ1) is 9.58. The van der Waals surface area contributed by atoms with Gasteiger partial charge in [-0.3, -0.25) is 4.79 Å². The zero-order valence-corrected chi connectivity index (χ0v) is 12.1. The van der Waals surface area contributed by atoms with Gasteiger partial charge in [0.2, 0.25) is 0 Å². The lowest BCUT2D eigenvalue weighted by atomic mass is 10.0. The fraction of sp³-hybridized carbons (Fsp3) is 0.429. The van der Waals surface area contributed by atoms with E-state index in [1.54, 1.807) is 20.8 Å². The number of phenols is 2. The number of alkyl carbamates (subject to hydrolysis) is 1. The molecule has 7 nitrogen and oxygen atoms in total. The van der Waals surface area contributed by atoms with E-state index in [0.29, 0.717) is 5.56 Å². The van der Waals surface area contributed by atoms with Crippen molar-refractivity contribution in [2.75, 3.05) is 0 Å². The number of aromatic hydroxyl groups is 2. The van der Waals surface area contributed by atoms with E-state index < -0.39 is 29.5 Å². The Labute approximate surface area is 122 Å². The average molecular weight is 297 g/mol. The molecule has 116 valence electrons. The Morgan fingerprint density at radius 3 is 2.33 bits per heavy atom. The molecule has 0 aliphatic rings. The molecule has 0 radical (unpaired) electrons. The largest absolute Gasteiger partial charge is 0.504 e. The fourth-order valence-electron chi connectivity index (χ4n) is 1.63. The molecule has 1 aromatic rings. The molecule has 0 heterocycles. The molecule has 0 saturated carbocycles. The molecule has 0 aliphatic heterocycles. The van der Waals surface area contributed by atoms with Crippen LogP contribution in [0.1, 0.15) is 38.8 Å². The number of nitrogens with one attached hydrogen (secondary N) is 1. The second-order valence-electron chi connectivity index (χ2n) is 5.54. The van der Waals surface area contributed by atoms with Gasteiger partial charge in [-0.1, -0.05) is 6.07 Å². The molecule has 1 amide bonds. The number of carbonyl (C=O) groups is 2. The summed E-state index contributed by atoms with van der Waals surface area (Å²) in [6.45, 7) is 5.06. The van der Waals surface area contributed by atoms with Crippen LogP contribution >= 0.6 is 0 Å². The second kappa shape index (κ2) is 6.34. The van der Waals surface area contributed by atoms with E-state index in [2.05, 4.69) is 5.32 Å². The number of carboxylic acid groups (broad SMARTS) is 1. The molecule has 1 unspecified atom stereocenters. The van der Waals surface area contributed by atoms with E-state index in [4.69, 9.17) is 9.84 Å². The van der Waals surface area contributed by atoms with Crippen LogP contribution in [-0.2, 0) is 9.53 Å². The quantitative estimate of drug-likeness (QED) is 0.633. The summed E-state index contributed by atoms with van der Waals surface area (Å²) in [6.07, 6.45) is -1.15. The lowest BCUT2D eigenvalue weighted by Gasteiger charge is -2.23. The van der Waals surface area contributed by atoms with E-state index in [1.807, 2.05) is 0 Å². The lowest BCUT2D eigenvalue weighted by molar-refractivity contribution is -0.137. The highest BCUT2D eigenvalue weighted by Gasteiger charge is 2.23. The molecule has 7 heteroatoms. The summed E-state index contributed by atoms with van der Waals surface area (Å²) in [6, 6.07) is 2.94. The van der Waals surface area contributed by atoms with E-state index in [0.717, 1.165) is 0 Å². The maximum atomic E-state index is 11.7. The van der Waals surface area contributed by atoms with E-state index in [9.17, 15) is 19.8 Å². The van der Waals surface area contributed by atoms with Gasteiger partial charge in [0.15, 0.2) is 11.5 Å². The molecule has 1 aromatic carbocycles. The van der Waals surface area contributed by atoms with Crippen LogP contribution in [0.15, 0.2) is 18.2 Å². The molecular formula is C14H19NO6. The fourth-order valence-corrected chi connectivity index (χ4v) is 1.63. The van der Waals surface area contributed by atoms with E-state index in [1.165, 1.54) is 18.2 Å². The zero-order chi connectivity index (χ0) is 16.2. The van der Waals surface area contributed by atoms with Crippen molar-refractivity contribution >= 4 is 12.1 Å². The van der Waals surface area contributed by atoms with Crippen molar-refractivity contribution in [3.63, 3.8) is 0 Å². The third-order valence-electron chi connectivity index (χ3n) is 2.47. The van der Waals surface area contributed by atoms with Gasteiger partial charge in [-0.25, -0.2) is 4.79 Å². The summed E-state index contributed by atoms with van der Waals surface area (Å²) in [5, 5.41) is 30.1. The van der Waals surface area contributed by atoms with E-state index >= 15 is 0 Å². The van der Waals surface area contributed by atoms with Gasteiger partial charge in [0.05, 0.1) is 12.5 Å². The van der Waals surface area contributed by atoms with Crippen molar-refractivity contribution in [2.24, 2.45) is 0 Å². The maximum Gasteiger partial charge on any atom is 0.408 e. The molecule has 0 fully saturated rings. The van der Waals surface area contributed by atoms with Crippen molar-refractivity contribution in [3.8, 4) is 11.5 Å².